The molecular formula is C21H24ClNO4. The molecule has 0 aliphatic carbocycles. The summed E-state index contributed by atoms with van der Waals surface area (Å²) in [5.74, 6) is 1.19. The van der Waals surface area contributed by atoms with Crippen molar-refractivity contribution in [2.75, 3.05) is 25.1 Å². The fraction of sp³-hybridized carbons (Fsp3) is 0.381. The van der Waals surface area contributed by atoms with Crippen LogP contribution in [0.3, 0.4) is 0 Å². The molecule has 1 saturated heterocycles. The van der Waals surface area contributed by atoms with Crippen molar-refractivity contribution in [2.24, 2.45) is 0 Å². The van der Waals surface area contributed by atoms with Crippen LogP contribution in [0.2, 0.25) is 5.02 Å². The van der Waals surface area contributed by atoms with Gasteiger partial charge in [0.25, 0.3) is 5.91 Å². The second kappa shape index (κ2) is 9.11. The molecule has 1 aliphatic rings. The zero-order valence-corrected chi connectivity index (χ0v) is 16.3. The van der Waals surface area contributed by atoms with E-state index in [1.165, 1.54) is 0 Å². The van der Waals surface area contributed by atoms with E-state index in [9.17, 15) is 4.79 Å². The number of ether oxygens (including phenoxy) is 3. The molecule has 0 saturated carbocycles. The summed E-state index contributed by atoms with van der Waals surface area (Å²) in [7, 11) is 0. The molecule has 27 heavy (non-hydrogen) atoms. The average molecular weight is 390 g/mol. The summed E-state index contributed by atoms with van der Waals surface area (Å²) in [6.07, 6.45) is 2.32. The van der Waals surface area contributed by atoms with Gasteiger partial charge in [-0.1, -0.05) is 11.6 Å². The van der Waals surface area contributed by atoms with Gasteiger partial charge in [-0.2, -0.15) is 0 Å². The highest BCUT2D eigenvalue weighted by atomic mass is 35.5. The quantitative estimate of drug-likeness (QED) is 0.755. The van der Waals surface area contributed by atoms with Crippen molar-refractivity contribution in [3.8, 4) is 11.5 Å². The van der Waals surface area contributed by atoms with Crippen LogP contribution in [0.25, 0.3) is 0 Å². The molecule has 1 amide bonds. The Balaban J connectivity index is 1.47. The van der Waals surface area contributed by atoms with E-state index in [-0.39, 0.29) is 18.6 Å². The zero-order valence-electron chi connectivity index (χ0n) is 15.6. The average Bonchev–Trinajstić information content (AvgIpc) is 3.19. The lowest BCUT2D eigenvalue weighted by molar-refractivity contribution is -0.118. The Hall–Kier alpha value is -2.24. The van der Waals surface area contributed by atoms with Crippen LogP contribution < -0.4 is 14.8 Å². The summed E-state index contributed by atoms with van der Waals surface area (Å²) in [5, 5.41) is 3.50. The molecule has 1 fully saturated rings. The summed E-state index contributed by atoms with van der Waals surface area (Å²) in [6.45, 7) is 5.14. The number of carbonyl (C=O) groups is 1. The third-order valence-electron chi connectivity index (χ3n) is 4.63. The van der Waals surface area contributed by atoms with Gasteiger partial charge in [0.15, 0.2) is 6.61 Å². The lowest BCUT2D eigenvalue weighted by atomic mass is 10.1. The first kappa shape index (κ1) is 19.5. The van der Waals surface area contributed by atoms with Crippen molar-refractivity contribution >= 4 is 23.2 Å². The van der Waals surface area contributed by atoms with Crippen molar-refractivity contribution in [1.29, 1.82) is 0 Å². The molecule has 0 radical (unpaired) electrons. The number of anilines is 1. The maximum Gasteiger partial charge on any atom is 0.262 e. The molecule has 3 rings (SSSR count). The number of amides is 1. The molecule has 1 atom stereocenters. The van der Waals surface area contributed by atoms with Gasteiger partial charge in [0.2, 0.25) is 0 Å². The molecule has 1 aliphatic heterocycles. The summed E-state index contributed by atoms with van der Waals surface area (Å²) < 4.78 is 16.9. The van der Waals surface area contributed by atoms with E-state index in [1.807, 2.05) is 26.0 Å². The normalized spacial score (nSPS) is 16.2. The van der Waals surface area contributed by atoms with E-state index in [2.05, 4.69) is 5.32 Å². The number of halogens is 1. The summed E-state index contributed by atoms with van der Waals surface area (Å²) in [5.41, 5.74) is 2.58. The molecule has 1 heterocycles. The summed E-state index contributed by atoms with van der Waals surface area (Å²) in [6, 6.07) is 10.8. The standard InChI is InChI=1S/C21H24ClNO4/c1-14-15(2)20(10-9-19(14)22)27-13-21(24)23-16-5-7-17(8-6-16)26-12-18-4-3-11-25-18/h5-10,18H,3-4,11-13H2,1-2H3,(H,23,24)/t18-/m1/s1. The SMILES string of the molecule is Cc1c(Cl)ccc(OCC(=O)Nc2ccc(OC[C@H]3CCCO3)cc2)c1C. The van der Waals surface area contributed by atoms with E-state index in [0.29, 0.717) is 23.1 Å². The van der Waals surface area contributed by atoms with Crippen molar-refractivity contribution < 1.29 is 19.0 Å². The van der Waals surface area contributed by atoms with Gasteiger partial charge < -0.3 is 19.5 Å². The van der Waals surface area contributed by atoms with Crippen molar-refractivity contribution in [2.45, 2.75) is 32.8 Å². The summed E-state index contributed by atoms with van der Waals surface area (Å²) >= 11 is 6.08. The first-order chi connectivity index (χ1) is 13.0. The van der Waals surface area contributed by atoms with Gasteiger partial charge in [0.05, 0.1) is 6.10 Å². The molecule has 0 aromatic heterocycles. The number of nitrogens with one attached hydrogen (secondary N) is 1. The predicted octanol–water partition coefficient (Wildman–Crippen LogP) is 4.53. The van der Waals surface area contributed by atoms with E-state index < -0.39 is 0 Å². The van der Waals surface area contributed by atoms with Gasteiger partial charge in [0, 0.05) is 17.3 Å². The van der Waals surface area contributed by atoms with Gasteiger partial charge in [-0.3, -0.25) is 4.79 Å². The Morgan fingerprint density at radius 3 is 2.63 bits per heavy atom. The Kier molecular flexibility index (Phi) is 6.58. The Labute approximate surface area is 164 Å². The van der Waals surface area contributed by atoms with Crippen LogP contribution in [0.4, 0.5) is 5.69 Å². The van der Waals surface area contributed by atoms with Crippen molar-refractivity contribution in [3.05, 3.63) is 52.5 Å². The molecule has 0 spiro atoms. The second-order valence-corrected chi connectivity index (χ2v) is 7.01. The fourth-order valence-corrected chi connectivity index (χ4v) is 3.06. The molecule has 1 N–H and O–H groups in total. The topological polar surface area (TPSA) is 56.8 Å². The van der Waals surface area contributed by atoms with Gasteiger partial charge in [-0.25, -0.2) is 0 Å². The second-order valence-electron chi connectivity index (χ2n) is 6.60. The smallest absolute Gasteiger partial charge is 0.262 e. The summed E-state index contributed by atoms with van der Waals surface area (Å²) in [4.78, 5) is 12.1. The van der Waals surface area contributed by atoms with Gasteiger partial charge in [-0.05, 0) is 74.2 Å². The van der Waals surface area contributed by atoms with Crippen LogP contribution in [0.5, 0.6) is 11.5 Å². The largest absolute Gasteiger partial charge is 0.491 e. The van der Waals surface area contributed by atoms with E-state index >= 15 is 0 Å². The minimum absolute atomic E-state index is 0.0703. The van der Waals surface area contributed by atoms with Crippen molar-refractivity contribution in [3.63, 3.8) is 0 Å². The molecule has 2 aromatic carbocycles. The highest BCUT2D eigenvalue weighted by molar-refractivity contribution is 6.31. The molecule has 6 heteroatoms. The molecule has 5 nitrogen and oxygen atoms in total. The van der Waals surface area contributed by atoms with Crippen LogP contribution in [-0.2, 0) is 9.53 Å². The van der Waals surface area contributed by atoms with Crippen LogP contribution in [0.15, 0.2) is 36.4 Å². The first-order valence-corrected chi connectivity index (χ1v) is 9.43. The van der Waals surface area contributed by atoms with Crippen LogP contribution in [-0.4, -0.2) is 31.8 Å². The highest BCUT2D eigenvalue weighted by Crippen LogP contribution is 2.27. The van der Waals surface area contributed by atoms with Gasteiger partial charge in [-0.15, -0.1) is 0 Å². The Morgan fingerprint density at radius 1 is 1.15 bits per heavy atom. The first-order valence-electron chi connectivity index (χ1n) is 9.06. The number of hydrogen-bond acceptors (Lipinski definition) is 4. The maximum atomic E-state index is 12.1. The minimum Gasteiger partial charge on any atom is -0.491 e. The molecule has 0 bridgehead atoms. The van der Waals surface area contributed by atoms with Crippen LogP contribution in [0, 0.1) is 13.8 Å². The Morgan fingerprint density at radius 2 is 1.93 bits per heavy atom. The van der Waals surface area contributed by atoms with E-state index in [4.69, 9.17) is 25.8 Å². The molecular weight excluding hydrogens is 366 g/mol. The van der Waals surface area contributed by atoms with Crippen molar-refractivity contribution in [1.82, 2.24) is 0 Å². The van der Waals surface area contributed by atoms with E-state index in [0.717, 1.165) is 36.3 Å². The van der Waals surface area contributed by atoms with Crippen LogP contribution in [0.1, 0.15) is 24.0 Å². The minimum atomic E-state index is -0.227. The predicted molar refractivity (Wildman–Crippen MR) is 106 cm³/mol. The number of hydrogen-bond donors (Lipinski definition) is 1. The molecule has 144 valence electrons. The van der Waals surface area contributed by atoms with Gasteiger partial charge >= 0.3 is 0 Å². The third kappa shape index (κ3) is 5.37. The van der Waals surface area contributed by atoms with E-state index in [1.54, 1.807) is 24.3 Å². The lowest BCUT2D eigenvalue weighted by Crippen LogP contribution is -2.20. The fourth-order valence-electron chi connectivity index (χ4n) is 2.86. The number of carbonyl (C=O) groups excluding carboxylic acids is 1. The maximum absolute atomic E-state index is 12.1. The molecule has 0 unspecified atom stereocenters. The van der Waals surface area contributed by atoms with Crippen LogP contribution >= 0.6 is 11.6 Å². The zero-order chi connectivity index (χ0) is 19.2. The monoisotopic (exact) mass is 389 g/mol. The number of benzene rings is 2. The van der Waals surface area contributed by atoms with Gasteiger partial charge in [0.1, 0.15) is 18.1 Å². The lowest BCUT2D eigenvalue weighted by Gasteiger charge is -2.13. The third-order valence-corrected chi connectivity index (χ3v) is 5.04. The number of rotatable bonds is 7. The Bertz CT molecular complexity index is 786. The molecule has 2 aromatic rings. The highest BCUT2D eigenvalue weighted by Gasteiger charge is 2.16.